The minimum absolute atomic E-state index is 0.281. The number of pyridine rings is 1. The fourth-order valence-electron chi connectivity index (χ4n) is 3.27. The summed E-state index contributed by atoms with van der Waals surface area (Å²) >= 11 is 13.1. The highest BCUT2D eigenvalue weighted by Crippen LogP contribution is 2.31. The molecule has 0 bridgehead atoms. The van der Waals surface area contributed by atoms with Crippen LogP contribution in [-0.2, 0) is 4.74 Å². The van der Waals surface area contributed by atoms with Crippen LogP contribution in [0.1, 0.15) is 26.3 Å². The number of nitrogens with zero attached hydrogens (tertiary/aromatic N) is 1. The van der Waals surface area contributed by atoms with E-state index in [-0.39, 0.29) is 12.4 Å². The first kappa shape index (κ1) is 22.6. The molecule has 4 rings (SSSR count). The third-order valence-corrected chi connectivity index (χ3v) is 6.50. The summed E-state index contributed by atoms with van der Waals surface area (Å²) in [6, 6.07) is 19.7. The molecular formula is C25H16Br2ClNO3. The van der Waals surface area contributed by atoms with E-state index in [0.29, 0.717) is 32.7 Å². The minimum Gasteiger partial charge on any atom is -0.454 e. The Hall–Kier alpha value is -2.54. The molecule has 0 atom stereocenters. The van der Waals surface area contributed by atoms with E-state index in [1.165, 1.54) is 0 Å². The predicted molar refractivity (Wildman–Crippen MR) is 133 cm³/mol. The maximum atomic E-state index is 13.0. The van der Waals surface area contributed by atoms with Gasteiger partial charge in [-0.3, -0.25) is 4.79 Å². The first-order valence-corrected chi connectivity index (χ1v) is 11.6. The van der Waals surface area contributed by atoms with Crippen LogP contribution in [-0.4, -0.2) is 23.3 Å². The Morgan fingerprint density at radius 1 is 0.938 bits per heavy atom. The van der Waals surface area contributed by atoms with Crippen molar-refractivity contribution in [1.82, 2.24) is 4.98 Å². The van der Waals surface area contributed by atoms with Crippen molar-refractivity contribution in [2.24, 2.45) is 0 Å². The molecule has 0 amide bonds. The van der Waals surface area contributed by atoms with Crippen LogP contribution in [0.2, 0.25) is 5.02 Å². The highest BCUT2D eigenvalue weighted by Gasteiger charge is 2.19. The molecule has 0 saturated heterocycles. The molecule has 0 radical (unpaired) electrons. The molecule has 7 heteroatoms. The van der Waals surface area contributed by atoms with Gasteiger partial charge >= 0.3 is 5.97 Å². The van der Waals surface area contributed by atoms with Crippen LogP contribution < -0.4 is 0 Å². The number of benzene rings is 3. The van der Waals surface area contributed by atoms with E-state index in [0.717, 1.165) is 20.1 Å². The summed E-state index contributed by atoms with van der Waals surface area (Å²) in [5, 5.41) is 1.18. The van der Waals surface area contributed by atoms with Gasteiger partial charge in [-0.25, -0.2) is 9.78 Å². The molecule has 0 aliphatic rings. The van der Waals surface area contributed by atoms with Gasteiger partial charge in [0.15, 0.2) is 12.4 Å². The number of fused-ring (bicyclic) bond motifs is 1. The normalized spacial score (nSPS) is 10.9. The Bertz CT molecular complexity index is 1340. The number of Topliss-reactive ketones (excluding diaryl/α,β-unsaturated/α-hetero) is 1. The van der Waals surface area contributed by atoms with Gasteiger partial charge in [0.25, 0.3) is 0 Å². The number of esters is 1. The Morgan fingerprint density at radius 3 is 2.22 bits per heavy atom. The molecule has 4 aromatic rings. The fourth-order valence-corrected chi connectivity index (χ4v) is 3.95. The summed E-state index contributed by atoms with van der Waals surface area (Å²) in [5.74, 6) is -0.875. The van der Waals surface area contributed by atoms with Gasteiger partial charge in [-0.2, -0.15) is 0 Å². The molecule has 1 heterocycles. The molecule has 1 aromatic heterocycles. The van der Waals surface area contributed by atoms with Crippen LogP contribution in [0.3, 0.4) is 0 Å². The topological polar surface area (TPSA) is 56.3 Å². The summed E-state index contributed by atoms with van der Waals surface area (Å²) in [6.45, 7) is 1.50. The van der Waals surface area contributed by atoms with E-state index in [9.17, 15) is 9.59 Å². The zero-order valence-corrected chi connectivity index (χ0v) is 20.8. The van der Waals surface area contributed by atoms with Crippen molar-refractivity contribution in [3.63, 3.8) is 0 Å². The van der Waals surface area contributed by atoms with Gasteiger partial charge in [-0.15, -0.1) is 0 Å². The number of ketones is 1. The van der Waals surface area contributed by atoms with Gasteiger partial charge in [0.2, 0.25) is 0 Å². The van der Waals surface area contributed by atoms with Crippen molar-refractivity contribution in [2.75, 3.05) is 6.61 Å². The average Bonchev–Trinajstić information content (AvgIpc) is 2.80. The molecule has 3 aromatic carbocycles. The molecule has 0 unspecified atom stereocenters. The summed E-state index contributed by atoms with van der Waals surface area (Å²) < 4.78 is 7.20. The summed E-state index contributed by atoms with van der Waals surface area (Å²) in [6.07, 6.45) is 0. The third kappa shape index (κ3) is 4.77. The van der Waals surface area contributed by atoms with Crippen molar-refractivity contribution >= 4 is 66.1 Å². The second-order valence-corrected chi connectivity index (χ2v) is 9.38. The summed E-state index contributed by atoms with van der Waals surface area (Å²) in [7, 11) is 0. The molecule has 0 spiro atoms. The molecule has 0 fully saturated rings. The highest BCUT2D eigenvalue weighted by atomic mass is 79.9. The van der Waals surface area contributed by atoms with Gasteiger partial charge in [-0.05, 0) is 48.9 Å². The zero-order chi connectivity index (χ0) is 22.8. The quantitative estimate of drug-likeness (QED) is 0.184. The number of rotatable bonds is 5. The van der Waals surface area contributed by atoms with E-state index in [1.807, 2.05) is 31.2 Å². The summed E-state index contributed by atoms with van der Waals surface area (Å²) in [5.41, 5.74) is 3.64. The number of aromatic nitrogens is 1. The Kier molecular flexibility index (Phi) is 6.74. The minimum atomic E-state index is -0.594. The molecule has 160 valence electrons. The maximum absolute atomic E-state index is 13.0. The van der Waals surface area contributed by atoms with Crippen LogP contribution in [0.15, 0.2) is 75.7 Å². The Balaban J connectivity index is 1.70. The lowest BCUT2D eigenvalue weighted by atomic mass is 10.0. The Labute approximate surface area is 206 Å². The maximum Gasteiger partial charge on any atom is 0.339 e. The lowest BCUT2D eigenvalue weighted by Crippen LogP contribution is -2.15. The molecule has 0 saturated carbocycles. The highest BCUT2D eigenvalue weighted by molar-refractivity contribution is 9.10. The fraction of sp³-hybridized carbons (Fsp3) is 0.0800. The third-order valence-electron chi connectivity index (χ3n) is 5.03. The molecule has 0 N–H and O–H groups in total. The number of carbonyl (C=O) groups is 2. The number of carbonyl (C=O) groups excluding carboxylic acids is 2. The van der Waals surface area contributed by atoms with E-state index >= 15 is 0 Å². The summed E-state index contributed by atoms with van der Waals surface area (Å²) in [4.78, 5) is 30.2. The number of hydrogen-bond acceptors (Lipinski definition) is 4. The van der Waals surface area contributed by atoms with Crippen molar-refractivity contribution in [3.8, 4) is 11.3 Å². The SMILES string of the molecule is Cc1c(Cl)ccc2c(C(=O)OCC(=O)c3ccc(Br)cc3)cc(-c3ccc(Br)cc3)nc12. The molecule has 0 aliphatic carbocycles. The molecular weight excluding hydrogens is 558 g/mol. The molecule has 0 aliphatic heterocycles. The van der Waals surface area contributed by atoms with E-state index in [2.05, 4.69) is 31.9 Å². The average molecular weight is 574 g/mol. The predicted octanol–water partition coefficient (Wildman–Crippen LogP) is 7.43. The standard InChI is InChI=1S/C25H16Br2ClNO3/c1-14-21(28)11-10-19-20(12-22(29-24(14)19)15-2-6-17(26)7-3-15)25(31)32-13-23(30)16-4-8-18(27)9-5-16/h2-12H,13H2,1H3. The van der Waals surface area contributed by atoms with E-state index < -0.39 is 5.97 Å². The van der Waals surface area contributed by atoms with Gasteiger partial charge < -0.3 is 4.74 Å². The van der Waals surface area contributed by atoms with Gasteiger partial charge in [-0.1, -0.05) is 73.8 Å². The lowest BCUT2D eigenvalue weighted by molar-refractivity contribution is 0.0476. The van der Waals surface area contributed by atoms with Crippen molar-refractivity contribution in [1.29, 1.82) is 0 Å². The second-order valence-electron chi connectivity index (χ2n) is 7.14. The van der Waals surface area contributed by atoms with Gasteiger partial charge in [0, 0.05) is 30.5 Å². The number of ether oxygens (including phenoxy) is 1. The van der Waals surface area contributed by atoms with Crippen LogP contribution in [0, 0.1) is 6.92 Å². The Morgan fingerprint density at radius 2 is 1.56 bits per heavy atom. The van der Waals surface area contributed by atoms with Crippen molar-refractivity contribution in [3.05, 3.63) is 97.4 Å². The van der Waals surface area contributed by atoms with Crippen LogP contribution in [0.25, 0.3) is 22.2 Å². The lowest BCUT2D eigenvalue weighted by Gasteiger charge is -2.12. The first-order chi connectivity index (χ1) is 15.3. The largest absolute Gasteiger partial charge is 0.454 e. The molecule has 32 heavy (non-hydrogen) atoms. The number of halogens is 3. The first-order valence-electron chi connectivity index (χ1n) is 9.65. The molecule has 4 nitrogen and oxygen atoms in total. The number of aryl methyl sites for hydroxylation is 1. The van der Waals surface area contributed by atoms with Gasteiger partial charge in [0.1, 0.15) is 0 Å². The zero-order valence-electron chi connectivity index (χ0n) is 16.9. The smallest absolute Gasteiger partial charge is 0.339 e. The van der Waals surface area contributed by atoms with E-state index in [4.69, 9.17) is 21.3 Å². The van der Waals surface area contributed by atoms with Gasteiger partial charge in [0.05, 0.1) is 16.8 Å². The number of hydrogen-bond donors (Lipinski definition) is 0. The van der Waals surface area contributed by atoms with Crippen molar-refractivity contribution in [2.45, 2.75) is 6.92 Å². The monoisotopic (exact) mass is 571 g/mol. The van der Waals surface area contributed by atoms with Crippen molar-refractivity contribution < 1.29 is 14.3 Å². The van der Waals surface area contributed by atoms with Crippen LogP contribution >= 0.6 is 43.5 Å². The van der Waals surface area contributed by atoms with Crippen LogP contribution in [0.5, 0.6) is 0 Å². The van der Waals surface area contributed by atoms with E-state index in [1.54, 1.807) is 42.5 Å². The second kappa shape index (κ2) is 9.53. The van der Waals surface area contributed by atoms with Crippen LogP contribution in [0.4, 0.5) is 0 Å².